The van der Waals surface area contributed by atoms with Crippen LogP contribution in [0.5, 0.6) is 0 Å². The van der Waals surface area contributed by atoms with Crippen molar-refractivity contribution in [2.45, 2.75) is 25.8 Å². The number of carbonyl (C=O) groups is 1. The molecule has 2 aromatic heterocycles. The maximum absolute atomic E-state index is 11.8. The van der Waals surface area contributed by atoms with Gasteiger partial charge in [0.05, 0.1) is 16.7 Å². The van der Waals surface area contributed by atoms with E-state index in [0.717, 1.165) is 17.3 Å². The summed E-state index contributed by atoms with van der Waals surface area (Å²) in [6.07, 6.45) is 5.04. The normalized spacial score (nSPS) is 19.2. The van der Waals surface area contributed by atoms with Crippen LogP contribution >= 0.6 is 15.9 Å². The van der Waals surface area contributed by atoms with Crippen LogP contribution in [0.25, 0.3) is 5.65 Å². The van der Waals surface area contributed by atoms with Gasteiger partial charge in [0.25, 0.3) is 0 Å². The van der Waals surface area contributed by atoms with Gasteiger partial charge in [0.2, 0.25) is 0 Å². The molecule has 1 aliphatic rings. The van der Waals surface area contributed by atoms with E-state index in [-0.39, 0.29) is 12.1 Å². The Labute approximate surface area is 118 Å². The lowest BCUT2D eigenvalue weighted by Gasteiger charge is -2.19. The van der Waals surface area contributed by atoms with Gasteiger partial charge in [0.15, 0.2) is 5.65 Å². The fourth-order valence-corrected chi connectivity index (χ4v) is 2.61. The minimum atomic E-state index is -0.328. The number of amides is 1. The van der Waals surface area contributed by atoms with E-state index in [2.05, 4.69) is 32.9 Å². The van der Waals surface area contributed by atoms with Crippen LogP contribution in [0.15, 0.2) is 22.9 Å². The molecule has 1 saturated heterocycles. The van der Waals surface area contributed by atoms with Crippen LogP contribution in [-0.4, -0.2) is 33.3 Å². The fraction of sp³-hybridized carbons (Fsp3) is 0.417. The summed E-state index contributed by atoms with van der Waals surface area (Å²) in [5, 5.41) is 4.13. The molecule has 1 fully saturated rings. The second-order valence-corrected chi connectivity index (χ2v) is 5.29. The molecule has 1 amide bonds. The number of nitrogens with zero attached hydrogens (tertiary/aromatic N) is 4. The van der Waals surface area contributed by atoms with Crippen LogP contribution in [0.1, 0.15) is 19.8 Å². The number of rotatable bonds is 3. The Morgan fingerprint density at radius 1 is 1.58 bits per heavy atom. The number of hydrogen-bond acceptors (Lipinski definition) is 4. The molecular weight excluding hydrogens is 312 g/mol. The van der Waals surface area contributed by atoms with Gasteiger partial charge in [-0.25, -0.2) is 14.3 Å². The molecule has 0 radical (unpaired) electrons. The Balaban J connectivity index is 2.01. The molecule has 19 heavy (non-hydrogen) atoms. The topological polar surface area (TPSA) is 59.7 Å². The molecule has 3 rings (SSSR count). The molecule has 2 aromatic rings. The van der Waals surface area contributed by atoms with E-state index >= 15 is 0 Å². The number of aromatic nitrogens is 3. The number of halogens is 1. The first-order chi connectivity index (χ1) is 9.20. The van der Waals surface area contributed by atoms with Gasteiger partial charge in [0.1, 0.15) is 12.4 Å². The van der Waals surface area contributed by atoms with Crippen molar-refractivity contribution in [1.82, 2.24) is 14.6 Å². The smallest absolute Gasteiger partial charge is 0.415 e. The van der Waals surface area contributed by atoms with E-state index in [4.69, 9.17) is 4.74 Å². The van der Waals surface area contributed by atoms with Crippen molar-refractivity contribution in [3.05, 3.63) is 22.9 Å². The summed E-state index contributed by atoms with van der Waals surface area (Å²) in [4.78, 5) is 18.0. The van der Waals surface area contributed by atoms with Crippen LogP contribution in [0.4, 0.5) is 10.6 Å². The highest BCUT2D eigenvalue weighted by molar-refractivity contribution is 9.10. The second kappa shape index (κ2) is 4.80. The van der Waals surface area contributed by atoms with Crippen LogP contribution < -0.4 is 4.90 Å². The number of ether oxygens (including phenoxy) is 1. The molecule has 7 heteroatoms. The lowest BCUT2D eigenvalue weighted by molar-refractivity contribution is 0.178. The standard InChI is InChI=1S/C12H13BrN4O2/c1-2-3-8-7-19-12(18)17(8)10-4-5-16-11(15-10)9(13)6-14-16/h4-6,8H,2-3,7H2,1H3/t8-/m0/s1. The summed E-state index contributed by atoms with van der Waals surface area (Å²) in [5.74, 6) is 0.606. The van der Waals surface area contributed by atoms with Crippen molar-refractivity contribution >= 4 is 33.5 Å². The highest BCUT2D eigenvalue weighted by Gasteiger charge is 2.34. The summed E-state index contributed by atoms with van der Waals surface area (Å²) in [5.41, 5.74) is 0.687. The number of fused-ring (bicyclic) bond motifs is 1. The maximum atomic E-state index is 11.8. The summed E-state index contributed by atoms with van der Waals surface area (Å²) in [6.45, 7) is 2.52. The van der Waals surface area contributed by atoms with Crippen molar-refractivity contribution in [3.8, 4) is 0 Å². The van der Waals surface area contributed by atoms with Gasteiger partial charge in [-0.05, 0) is 28.4 Å². The minimum Gasteiger partial charge on any atom is -0.447 e. The molecule has 0 saturated carbocycles. The summed E-state index contributed by atoms with van der Waals surface area (Å²) in [6, 6.07) is 1.84. The van der Waals surface area contributed by atoms with Gasteiger partial charge in [-0.2, -0.15) is 5.10 Å². The number of cyclic esters (lactones) is 1. The van der Waals surface area contributed by atoms with E-state index in [0.29, 0.717) is 18.1 Å². The summed E-state index contributed by atoms with van der Waals surface area (Å²) < 4.78 is 7.58. The van der Waals surface area contributed by atoms with E-state index < -0.39 is 0 Å². The van der Waals surface area contributed by atoms with Crippen molar-refractivity contribution in [2.75, 3.05) is 11.5 Å². The highest BCUT2D eigenvalue weighted by atomic mass is 79.9. The van der Waals surface area contributed by atoms with Crippen LogP contribution in [0.3, 0.4) is 0 Å². The second-order valence-electron chi connectivity index (χ2n) is 4.44. The lowest BCUT2D eigenvalue weighted by atomic mass is 10.1. The van der Waals surface area contributed by atoms with E-state index in [1.54, 1.807) is 27.9 Å². The first kappa shape index (κ1) is 12.4. The first-order valence-corrected chi connectivity index (χ1v) is 6.96. The molecule has 6 nitrogen and oxygen atoms in total. The van der Waals surface area contributed by atoms with Gasteiger partial charge in [-0.15, -0.1) is 0 Å². The summed E-state index contributed by atoms with van der Waals surface area (Å²) in [7, 11) is 0. The van der Waals surface area contributed by atoms with Gasteiger partial charge in [-0.1, -0.05) is 13.3 Å². The van der Waals surface area contributed by atoms with Gasteiger partial charge in [0, 0.05) is 6.20 Å². The molecule has 3 heterocycles. The third-order valence-electron chi connectivity index (χ3n) is 3.14. The number of carbonyl (C=O) groups excluding carboxylic acids is 1. The molecular formula is C12H13BrN4O2. The third-order valence-corrected chi connectivity index (χ3v) is 3.70. The third kappa shape index (κ3) is 2.07. The Hall–Kier alpha value is -1.63. The van der Waals surface area contributed by atoms with Gasteiger partial charge in [-0.3, -0.25) is 4.90 Å². The Kier molecular flexibility index (Phi) is 3.14. The zero-order valence-electron chi connectivity index (χ0n) is 10.4. The molecule has 100 valence electrons. The predicted molar refractivity (Wildman–Crippen MR) is 73.2 cm³/mol. The number of hydrogen-bond donors (Lipinski definition) is 0. The van der Waals surface area contributed by atoms with E-state index in [1.165, 1.54) is 0 Å². The quantitative estimate of drug-likeness (QED) is 0.870. The largest absolute Gasteiger partial charge is 0.447 e. The Morgan fingerprint density at radius 2 is 2.42 bits per heavy atom. The molecule has 0 aliphatic carbocycles. The SMILES string of the molecule is CCC[C@H]1COC(=O)N1c1ccn2ncc(Br)c2n1. The first-order valence-electron chi connectivity index (χ1n) is 6.16. The van der Waals surface area contributed by atoms with Gasteiger partial charge >= 0.3 is 6.09 Å². The van der Waals surface area contributed by atoms with Crippen LogP contribution in [0, 0.1) is 0 Å². The fourth-order valence-electron chi connectivity index (χ4n) is 2.25. The van der Waals surface area contributed by atoms with E-state index in [9.17, 15) is 4.79 Å². The molecule has 1 atom stereocenters. The summed E-state index contributed by atoms with van der Waals surface area (Å²) >= 11 is 3.39. The maximum Gasteiger partial charge on any atom is 0.415 e. The van der Waals surface area contributed by atoms with E-state index in [1.807, 2.05) is 0 Å². The molecule has 0 bridgehead atoms. The van der Waals surface area contributed by atoms with Crippen molar-refractivity contribution in [2.24, 2.45) is 0 Å². The number of anilines is 1. The van der Waals surface area contributed by atoms with Crippen molar-refractivity contribution in [1.29, 1.82) is 0 Å². The van der Waals surface area contributed by atoms with Crippen LogP contribution in [-0.2, 0) is 4.74 Å². The zero-order valence-corrected chi connectivity index (χ0v) is 12.0. The Morgan fingerprint density at radius 3 is 3.21 bits per heavy atom. The van der Waals surface area contributed by atoms with Crippen molar-refractivity contribution in [3.63, 3.8) is 0 Å². The average Bonchev–Trinajstić information content (AvgIpc) is 2.95. The Bertz CT molecular complexity index is 627. The van der Waals surface area contributed by atoms with Crippen LogP contribution in [0.2, 0.25) is 0 Å². The predicted octanol–water partition coefficient (Wildman–Crippen LogP) is 2.62. The molecule has 0 aromatic carbocycles. The minimum absolute atomic E-state index is 0.0640. The van der Waals surface area contributed by atoms with Crippen molar-refractivity contribution < 1.29 is 9.53 Å². The molecule has 1 aliphatic heterocycles. The molecule has 0 spiro atoms. The lowest BCUT2D eigenvalue weighted by Crippen LogP contribution is -2.34. The van der Waals surface area contributed by atoms with Gasteiger partial charge < -0.3 is 4.74 Å². The monoisotopic (exact) mass is 324 g/mol. The zero-order chi connectivity index (χ0) is 13.4. The average molecular weight is 325 g/mol. The highest BCUT2D eigenvalue weighted by Crippen LogP contribution is 2.25. The molecule has 0 N–H and O–H groups in total. The molecule has 0 unspecified atom stereocenters.